The van der Waals surface area contributed by atoms with Crippen molar-refractivity contribution in [1.29, 1.82) is 5.26 Å². The van der Waals surface area contributed by atoms with Crippen LogP contribution in [-0.4, -0.2) is 214 Å². The zero-order chi connectivity index (χ0) is 73.0. The number of aromatic nitrogens is 1. The summed E-state index contributed by atoms with van der Waals surface area (Å²) in [5, 5.41) is 57.1. The lowest BCUT2D eigenvalue weighted by molar-refractivity contribution is -0.228. The number of ether oxygens (including phenoxy) is 8. The van der Waals surface area contributed by atoms with Gasteiger partial charge in [0.25, 0.3) is 0 Å². The number of halogens is 1. The number of benzene rings is 4. The Hall–Kier alpha value is -8.41. The molecule has 2 bridgehead atoms. The minimum Gasteiger partial charge on any atom is -0.496 e. The summed E-state index contributed by atoms with van der Waals surface area (Å²) in [5.74, 6) is -1.86. The van der Waals surface area contributed by atoms with Gasteiger partial charge in [0.2, 0.25) is 5.60 Å². The Labute approximate surface area is 597 Å². The largest absolute Gasteiger partial charge is 0.496 e. The van der Waals surface area contributed by atoms with Crippen LogP contribution >= 0.6 is 12.4 Å². The van der Waals surface area contributed by atoms with Crippen LogP contribution in [0, 0.1) is 28.6 Å². The third-order valence-electron chi connectivity index (χ3n) is 22.0. The molecule has 2 fully saturated rings. The fraction of sp³-hybridized carbons (Fsp3) is 0.526. The summed E-state index contributed by atoms with van der Waals surface area (Å²) in [6.45, 7) is 15.3. The van der Waals surface area contributed by atoms with E-state index in [0.717, 1.165) is 102 Å². The van der Waals surface area contributed by atoms with Crippen molar-refractivity contribution in [2.45, 2.75) is 138 Å². The van der Waals surface area contributed by atoms with E-state index in [1.54, 1.807) is 35.5 Å². The number of aliphatic hydroxyl groups excluding tert-OH is 2. The van der Waals surface area contributed by atoms with Crippen molar-refractivity contribution in [3.05, 3.63) is 130 Å². The Balaban J connectivity index is 0.000000249. The molecule has 4 aromatic carbocycles. The molecule has 6 N–H and O–H groups in total. The minimum atomic E-state index is -2.27. The van der Waals surface area contributed by atoms with Crippen molar-refractivity contribution in [2.24, 2.45) is 17.3 Å². The molecule has 1 spiro atoms. The molecule has 1 aliphatic carbocycles. The number of hydrogen-bond donors (Lipinski definition) is 6. The topological polar surface area (TPSA) is 313 Å². The third-order valence-corrected chi connectivity index (χ3v) is 22.0. The maximum Gasteiger partial charge on any atom is 0.344 e. The van der Waals surface area contributed by atoms with Crippen LogP contribution in [0.15, 0.2) is 96.6 Å². The number of nitrogens with zero attached hydrogens (tertiary/aromatic N) is 5. The minimum absolute atomic E-state index is 0. The van der Waals surface area contributed by atoms with Crippen LogP contribution in [-0.2, 0) is 67.4 Å². The molecule has 101 heavy (non-hydrogen) atoms. The first kappa shape index (κ1) is 78.3. The molecule has 548 valence electrons. The smallest absolute Gasteiger partial charge is 0.344 e. The van der Waals surface area contributed by atoms with Gasteiger partial charge in [-0.15, -0.1) is 12.4 Å². The number of fused-ring (bicyclic) bond motifs is 6. The fourth-order valence-corrected chi connectivity index (χ4v) is 17.3. The summed E-state index contributed by atoms with van der Waals surface area (Å²) in [7, 11) is 14.9. The number of likely N-dealkylation sites (N-methyl/N-ethyl adjacent to an activating group) is 2. The van der Waals surface area contributed by atoms with E-state index in [-0.39, 0.29) is 36.3 Å². The lowest BCUT2D eigenvalue weighted by atomic mass is 9.47. The van der Waals surface area contributed by atoms with E-state index in [2.05, 4.69) is 96.1 Å². The van der Waals surface area contributed by atoms with Crippen molar-refractivity contribution in [2.75, 3.05) is 108 Å². The highest BCUT2D eigenvalue weighted by Gasteiger charge is 2.80. The SMILES string of the molecule is CCC1=C[C@@H]2CN(C1)Cc1c([nH]c3ccccc13)[C@@](C(=O)OC)(c1cc3c(cc1OC)N(C)[C@H]1[C@@](O)(C(=O)OC)[C@H](OC(C)=O)[C@]4(CC)C=CCN5CC[C@]31[C@@H]54)C2.COc1ccc(CCN(C)CCCC(C#N)(c2ccc(OC)c(OC)c2)C(C)C)cc1OC.Cl.O=C(O)C(O)C(O)C(=O)O. The van der Waals surface area contributed by atoms with Crippen molar-refractivity contribution in [3.8, 4) is 34.8 Å². The molecule has 5 aromatic rings. The van der Waals surface area contributed by atoms with E-state index in [0.29, 0.717) is 61.7 Å². The van der Waals surface area contributed by atoms with Gasteiger partial charge in [-0.3, -0.25) is 19.4 Å². The number of aromatic amines is 1. The number of aliphatic hydroxyl groups is 3. The number of H-pyrrole nitrogens is 1. The molecule has 1 saturated heterocycles. The van der Waals surface area contributed by atoms with Gasteiger partial charge in [0.15, 0.2) is 41.3 Å². The molecule has 11 rings (SSSR count). The summed E-state index contributed by atoms with van der Waals surface area (Å²) < 4.78 is 45.5. The Morgan fingerprint density at radius 1 is 0.792 bits per heavy atom. The fourth-order valence-electron chi connectivity index (χ4n) is 17.3. The molecule has 1 aromatic heterocycles. The highest BCUT2D eigenvalue weighted by molar-refractivity contribution is 5.95. The molecular weight excluding hydrogens is 1320 g/mol. The van der Waals surface area contributed by atoms with Gasteiger partial charge in [-0.25, -0.2) is 14.4 Å². The quantitative estimate of drug-likeness (QED) is 0.0204. The van der Waals surface area contributed by atoms with E-state index >= 15 is 4.79 Å². The summed E-state index contributed by atoms with van der Waals surface area (Å²) in [4.78, 5) is 75.0. The van der Waals surface area contributed by atoms with Crippen LogP contribution in [0.25, 0.3) is 10.9 Å². The molecule has 24 nitrogen and oxygen atoms in total. The summed E-state index contributed by atoms with van der Waals surface area (Å²) >= 11 is 0. The third kappa shape index (κ3) is 13.8. The van der Waals surface area contributed by atoms with Gasteiger partial charge in [0.05, 0.1) is 67.3 Å². The van der Waals surface area contributed by atoms with Crippen molar-refractivity contribution in [1.82, 2.24) is 19.7 Å². The number of esters is 3. The highest BCUT2D eigenvalue weighted by Crippen LogP contribution is 2.68. The van der Waals surface area contributed by atoms with E-state index in [4.69, 9.17) is 58.3 Å². The van der Waals surface area contributed by atoms with Crippen LogP contribution in [0.3, 0.4) is 0 Å². The Bertz CT molecular complexity index is 3950. The molecule has 0 radical (unpaired) electrons. The Morgan fingerprint density at radius 2 is 1.43 bits per heavy atom. The number of rotatable bonds is 23. The molecule has 5 aliphatic heterocycles. The monoisotopic (exact) mass is 1420 g/mol. The van der Waals surface area contributed by atoms with Gasteiger partial charge in [0, 0.05) is 97.5 Å². The first-order valence-corrected chi connectivity index (χ1v) is 34.0. The summed E-state index contributed by atoms with van der Waals surface area (Å²) in [6, 6.07) is 25.7. The molecule has 6 heterocycles. The van der Waals surface area contributed by atoms with Crippen LogP contribution in [0.1, 0.15) is 107 Å². The predicted molar refractivity (Wildman–Crippen MR) is 380 cm³/mol. The number of carbonyl (C=O) groups excluding carboxylic acids is 3. The second-order valence-corrected chi connectivity index (χ2v) is 27.4. The predicted octanol–water partition coefficient (Wildman–Crippen LogP) is 8.15. The second kappa shape index (κ2) is 31.9. The van der Waals surface area contributed by atoms with E-state index in [1.807, 2.05) is 67.4 Å². The molecule has 12 atom stereocenters. The zero-order valence-electron chi connectivity index (χ0n) is 60.3. The number of nitriles is 1. The lowest BCUT2D eigenvalue weighted by Crippen LogP contribution is -2.81. The van der Waals surface area contributed by atoms with Crippen LogP contribution in [0.5, 0.6) is 28.7 Å². The maximum atomic E-state index is 15.2. The van der Waals surface area contributed by atoms with Crippen LogP contribution in [0.4, 0.5) is 5.69 Å². The van der Waals surface area contributed by atoms with Gasteiger partial charge < -0.3 is 78.2 Å². The average molecular weight is 1420 g/mol. The van der Waals surface area contributed by atoms with Gasteiger partial charge in [-0.2, -0.15) is 5.26 Å². The number of carbonyl (C=O) groups is 5. The second-order valence-electron chi connectivity index (χ2n) is 27.4. The Kier molecular flexibility index (Phi) is 24.7. The molecule has 4 unspecified atom stereocenters. The van der Waals surface area contributed by atoms with Crippen LogP contribution < -0.4 is 28.6 Å². The van der Waals surface area contributed by atoms with Crippen molar-refractivity contribution in [3.63, 3.8) is 0 Å². The molecule has 25 heteroatoms. The number of aliphatic carboxylic acids is 2. The number of carboxylic acids is 2. The Morgan fingerprint density at radius 3 is 2.01 bits per heavy atom. The highest BCUT2D eigenvalue weighted by atomic mass is 35.5. The van der Waals surface area contributed by atoms with Gasteiger partial charge in [-0.1, -0.05) is 81.8 Å². The zero-order valence-corrected chi connectivity index (χ0v) is 61.1. The van der Waals surface area contributed by atoms with Gasteiger partial charge in [-0.05, 0) is 136 Å². The first-order valence-electron chi connectivity index (χ1n) is 34.0. The number of carboxylic acid groups (broad SMARTS) is 2. The van der Waals surface area contributed by atoms with Gasteiger partial charge in [0.1, 0.15) is 11.2 Å². The number of nitrogens with one attached hydrogen (secondary N) is 1. The summed E-state index contributed by atoms with van der Waals surface area (Å²) in [5.41, 5.74) is 2.65. The molecular formula is C76H99ClN6O18. The summed E-state index contributed by atoms with van der Waals surface area (Å²) in [6.07, 6.45) is 5.75. The maximum absolute atomic E-state index is 15.2. The van der Waals surface area contributed by atoms with E-state index < -0.39 is 75.5 Å². The standard InChI is InChI=1S/C45H54N4O8.C27H38N2O4.C4H6O6.ClH/c1-8-27-19-28-22-44(40(51)55-6,36-30(25-48(23-27)24-28)29-13-10-11-14-33(29)46-36)32-20-31-34(21-35(32)54-5)47(4)38-43(31)16-18-49-17-12-15-42(9-2,37(43)49)39(57-26(3)50)45(38,53)41(52)56-7;1-20(2)27(19-28,22-10-12-24(31-5)26(18-22)33-7)14-8-15-29(3)16-13-21-9-11-23(30-4)25(17-21)32-6;5-1(3(7)8)2(6)4(9)10;/h10-15,19-21,28,37-39,46,53H,8-9,16-18,22-25H2,1-7H3;9-12,17-18,20H,8,13-16H2,1-7H3;1-2,5-6H,(H,7,8)(H,9,10);1H/t28-,37-,38+,39+,42+,43+,44-,45-;;;/m0.../s1. The molecule has 6 aliphatic rings. The molecule has 0 amide bonds. The van der Waals surface area contributed by atoms with E-state index in [9.17, 15) is 29.5 Å². The number of anilines is 1. The van der Waals surface area contributed by atoms with Crippen molar-refractivity contribution >= 4 is 58.8 Å². The number of para-hydroxylation sites is 1. The lowest BCUT2D eigenvalue weighted by Gasteiger charge is -2.63. The number of hydrogen-bond acceptors (Lipinski definition) is 21. The normalized spacial score (nSPS) is 25.5. The number of methoxy groups -OCH3 is 7. The first-order chi connectivity index (χ1) is 47.7. The molecule has 1 saturated carbocycles. The van der Waals surface area contributed by atoms with E-state index in [1.165, 1.54) is 32.3 Å². The van der Waals surface area contributed by atoms with Gasteiger partial charge >= 0.3 is 29.8 Å². The average Bonchev–Trinajstić information content (AvgIpc) is 1.50. The van der Waals surface area contributed by atoms with Crippen molar-refractivity contribution < 1.29 is 87.4 Å². The van der Waals surface area contributed by atoms with Crippen LogP contribution in [0.2, 0.25) is 0 Å².